The Morgan fingerprint density at radius 2 is 1.92 bits per heavy atom. The number of hydrogen-bond donors (Lipinski definition) is 0. The third kappa shape index (κ3) is 4.38. The van der Waals surface area contributed by atoms with Crippen LogP contribution in [0.5, 0.6) is 0 Å². The van der Waals surface area contributed by atoms with E-state index in [-0.39, 0.29) is 5.92 Å². The second-order valence-corrected chi connectivity index (χ2v) is 11.6. The number of sulfonamides is 1. The predicted molar refractivity (Wildman–Crippen MR) is 138 cm³/mol. The standard InChI is InChI=1S/C25H29N7O3S/c1-18-4-3-5-20(12-18)21-6-7-32(28-21)23-13-22(29-8-10-35-11-9-29)24-25(27-23)30(17-26-24)14-19-15-31(16-19)36(2,33)34/h3-7,12-13,17,19H,8-11,14-16H2,1-2H3. The van der Waals surface area contributed by atoms with Crippen molar-refractivity contribution in [2.75, 3.05) is 50.5 Å². The van der Waals surface area contributed by atoms with Gasteiger partial charge in [0.1, 0.15) is 5.52 Å². The Hall–Kier alpha value is -3.28. The van der Waals surface area contributed by atoms with Gasteiger partial charge in [-0.1, -0.05) is 23.8 Å². The minimum atomic E-state index is -3.15. The fourth-order valence-corrected chi connectivity index (χ4v) is 5.86. The first-order valence-electron chi connectivity index (χ1n) is 12.1. The first kappa shape index (κ1) is 23.1. The van der Waals surface area contributed by atoms with Crippen LogP contribution in [0.4, 0.5) is 5.69 Å². The van der Waals surface area contributed by atoms with E-state index in [2.05, 4.69) is 30.0 Å². The molecule has 188 valence electrons. The molecule has 3 aromatic heterocycles. The van der Waals surface area contributed by atoms with Gasteiger partial charge < -0.3 is 14.2 Å². The molecule has 4 aromatic rings. The number of rotatable bonds is 6. The summed E-state index contributed by atoms with van der Waals surface area (Å²) in [5.41, 5.74) is 5.76. The van der Waals surface area contributed by atoms with Crippen LogP contribution in [0, 0.1) is 12.8 Å². The van der Waals surface area contributed by atoms with Crippen molar-refractivity contribution in [1.82, 2.24) is 28.6 Å². The monoisotopic (exact) mass is 507 g/mol. The van der Waals surface area contributed by atoms with Crippen LogP contribution in [0.3, 0.4) is 0 Å². The quantitative estimate of drug-likeness (QED) is 0.395. The SMILES string of the molecule is Cc1cccc(-c2ccn(-c3cc(N4CCOCC4)c4ncn(CC5CN(S(C)(=O)=O)C5)c4n3)n2)c1. The van der Waals surface area contributed by atoms with Crippen LogP contribution in [-0.4, -0.2) is 82.7 Å². The van der Waals surface area contributed by atoms with Crippen LogP contribution < -0.4 is 4.90 Å². The lowest BCUT2D eigenvalue weighted by Gasteiger charge is -2.37. The lowest BCUT2D eigenvalue weighted by molar-refractivity contribution is 0.123. The Balaban J connectivity index is 1.37. The van der Waals surface area contributed by atoms with Crippen LogP contribution in [0.2, 0.25) is 0 Å². The van der Waals surface area contributed by atoms with Crippen molar-refractivity contribution in [1.29, 1.82) is 0 Å². The molecule has 2 fully saturated rings. The molecular weight excluding hydrogens is 478 g/mol. The molecule has 0 saturated carbocycles. The molecule has 5 heterocycles. The molecule has 36 heavy (non-hydrogen) atoms. The Bertz CT molecular complexity index is 1520. The molecule has 0 bridgehead atoms. The fourth-order valence-electron chi connectivity index (χ4n) is 4.90. The second-order valence-electron chi connectivity index (χ2n) is 9.63. The van der Waals surface area contributed by atoms with Crippen LogP contribution in [0.15, 0.2) is 48.9 Å². The molecule has 0 atom stereocenters. The number of hydrogen-bond acceptors (Lipinski definition) is 7. The van der Waals surface area contributed by atoms with E-state index in [1.54, 1.807) is 0 Å². The minimum Gasteiger partial charge on any atom is -0.378 e. The highest BCUT2D eigenvalue weighted by atomic mass is 32.2. The highest BCUT2D eigenvalue weighted by Crippen LogP contribution is 2.30. The van der Waals surface area contributed by atoms with Crippen LogP contribution in [0.1, 0.15) is 5.56 Å². The molecule has 0 unspecified atom stereocenters. The van der Waals surface area contributed by atoms with E-state index >= 15 is 0 Å². The normalized spacial score (nSPS) is 17.6. The Morgan fingerprint density at radius 1 is 1.11 bits per heavy atom. The smallest absolute Gasteiger partial charge is 0.211 e. The van der Waals surface area contributed by atoms with Crippen molar-refractivity contribution in [2.45, 2.75) is 13.5 Å². The minimum absolute atomic E-state index is 0.229. The average molecular weight is 508 g/mol. The van der Waals surface area contributed by atoms with E-state index in [9.17, 15) is 8.42 Å². The molecule has 2 saturated heterocycles. The van der Waals surface area contributed by atoms with Crippen LogP contribution in [0.25, 0.3) is 28.2 Å². The highest BCUT2D eigenvalue weighted by Gasteiger charge is 2.33. The summed E-state index contributed by atoms with van der Waals surface area (Å²) >= 11 is 0. The first-order chi connectivity index (χ1) is 17.3. The Labute approximate surface area is 210 Å². The maximum atomic E-state index is 11.8. The molecule has 0 N–H and O–H groups in total. The molecule has 2 aliphatic rings. The van der Waals surface area contributed by atoms with Gasteiger partial charge in [0.05, 0.1) is 37.2 Å². The summed E-state index contributed by atoms with van der Waals surface area (Å²) in [5, 5.41) is 4.83. The number of aryl methyl sites for hydroxylation is 1. The number of ether oxygens (including phenoxy) is 1. The highest BCUT2D eigenvalue weighted by molar-refractivity contribution is 7.88. The maximum Gasteiger partial charge on any atom is 0.211 e. The zero-order valence-corrected chi connectivity index (χ0v) is 21.2. The summed E-state index contributed by atoms with van der Waals surface area (Å²) < 4.78 is 34.5. The van der Waals surface area contributed by atoms with E-state index in [0.717, 1.165) is 47.0 Å². The molecule has 0 aliphatic carbocycles. The van der Waals surface area contributed by atoms with E-state index < -0.39 is 10.0 Å². The maximum absolute atomic E-state index is 11.8. The molecule has 1 aromatic carbocycles. The molecule has 6 rings (SSSR count). The fraction of sp³-hybridized carbons (Fsp3) is 0.400. The lowest BCUT2D eigenvalue weighted by atomic mass is 10.0. The van der Waals surface area contributed by atoms with Gasteiger partial charge in [-0.2, -0.15) is 5.10 Å². The summed E-state index contributed by atoms with van der Waals surface area (Å²) in [5.74, 6) is 0.947. The number of fused-ring (bicyclic) bond motifs is 1. The van der Waals surface area contributed by atoms with Crippen molar-refractivity contribution in [3.05, 3.63) is 54.5 Å². The van der Waals surface area contributed by atoms with E-state index in [0.29, 0.717) is 32.8 Å². The van der Waals surface area contributed by atoms with E-state index in [1.807, 2.05) is 40.0 Å². The number of pyridine rings is 1. The van der Waals surface area contributed by atoms with Crippen LogP contribution in [-0.2, 0) is 21.3 Å². The van der Waals surface area contributed by atoms with Gasteiger partial charge >= 0.3 is 0 Å². The number of aromatic nitrogens is 5. The lowest BCUT2D eigenvalue weighted by Crippen LogP contribution is -2.50. The molecule has 10 nitrogen and oxygen atoms in total. The molecule has 2 aliphatic heterocycles. The summed E-state index contributed by atoms with van der Waals surface area (Å²) in [6.45, 7) is 6.68. The largest absolute Gasteiger partial charge is 0.378 e. The summed E-state index contributed by atoms with van der Waals surface area (Å²) in [6, 6.07) is 12.3. The van der Waals surface area contributed by atoms with Crippen molar-refractivity contribution in [3.8, 4) is 17.1 Å². The van der Waals surface area contributed by atoms with Gasteiger partial charge in [0.25, 0.3) is 0 Å². The topological polar surface area (TPSA) is 98.4 Å². The van der Waals surface area contributed by atoms with Gasteiger partial charge in [0, 0.05) is 56.5 Å². The number of benzene rings is 1. The van der Waals surface area contributed by atoms with Crippen molar-refractivity contribution >= 4 is 26.9 Å². The third-order valence-electron chi connectivity index (χ3n) is 6.88. The molecular formula is C25H29N7O3S. The summed E-state index contributed by atoms with van der Waals surface area (Å²) in [4.78, 5) is 12.0. The molecule has 11 heteroatoms. The van der Waals surface area contributed by atoms with Gasteiger partial charge in [-0.05, 0) is 19.1 Å². The van der Waals surface area contributed by atoms with Gasteiger partial charge in [0.15, 0.2) is 11.5 Å². The molecule has 0 amide bonds. The number of morpholine rings is 1. The van der Waals surface area contributed by atoms with Gasteiger partial charge in [-0.3, -0.25) is 0 Å². The van der Waals surface area contributed by atoms with Gasteiger partial charge in [-0.15, -0.1) is 0 Å². The van der Waals surface area contributed by atoms with E-state index in [1.165, 1.54) is 16.1 Å². The zero-order chi connectivity index (χ0) is 24.9. The molecule has 0 spiro atoms. The predicted octanol–water partition coefficient (Wildman–Crippen LogP) is 2.32. The number of anilines is 1. The summed E-state index contributed by atoms with van der Waals surface area (Å²) in [6.07, 6.45) is 5.01. The average Bonchev–Trinajstić information content (AvgIpc) is 3.48. The van der Waals surface area contributed by atoms with E-state index in [4.69, 9.17) is 19.8 Å². The van der Waals surface area contributed by atoms with Gasteiger partial charge in [-0.25, -0.2) is 27.4 Å². The van der Waals surface area contributed by atoms with Crippen molar-refractivity contribution < 1.29 is 13.2 Å². The Morgan fingerprint density at radius 3 is 2.67 bits per heavy atom. The van der Waals surface area contributed by atoms with Crippen molar-refractivity contribution in [3.63, 3.8) is 0 Å². The van der Waals surface area contributed by atoms with Crippen molar-refractivity contribution in [2.24, 2.45) is 5.92 Å². The zero-order valence-electron chi connectivity index (χ0n) is 20.4. The second kappa shape index (κ2) is 8.99. The number of imidazole rings is 1. The van der Waals surface area contributed by atoms with Crippen LogP contribution >= 0.6 is 0 Å². The van der Waals surface area contributed by atoms with Gasteiger partial charge in [0.2, 0.25) is 10.0 Å². The third-order valence-corrected chi connectivity index (χ3v) is 8.11. The molecule has 0 radical (unpaired) electrons. The Kier molecular flexibility index (Phi) is 5.78. The first-order valence-corrected chi connectivity index (χ1v) is 14.0. The number of nitrogens with zero attached hydrogens (tertiary/aromatic N) is 7. The summed E-state index contributed by atoms with van der Waals surface area (Å²) in [7, 11) is -3.15.